The van der Waals surface area contributed by atoms with Crippen molar-refractivity contribution >= 4 is 29.4 Å². The minimum atomic E-state index is -0.567. The van der Waals surface area contributed by atoms with E-state index in [0.29, 0.717) is 17.2 Å². The van der Waals surface area contributed by atoms with E-state index in [9.17, 15) is 9.59 Å². The summed E-state index contributed by atoms with van der Waals surface area (Å²) in [7, 11) is 0. The maximum atomic E-state index is 12.2. The summed E-state index contributed by atoms with van der Waals surface area (Å²) in [6.45, 7) is 1.84. The van der Waals surface area contributed by atoms with Gasteiger partial charge in [0, 0.05) is 36.7 Å². The number of aliphatic imine (C=N–C) groups is 1. The number of ketones is 1. The average molecular weight is 309 g/mol. The van der Waals surface area contributed by atoms with Gasteiger partial charge in [0.25, 0.3) is 0 Å². The van der Waals surface area contributed by atoms with E-state index >= 15 is 0 Å². The van der Waals surface area contributed by atoms with Gasteiger partial charge in [0.2, 0.25) is 5.91 Å². The van der Waals surface area contributed by atoms with Crippen molar-refractivity contribution < 1.29 is 9.59 Å². The second-order valence-corrected chi connectivity index (χ2v) is 5.22. The van der Waals surface area contributed by atoms with Gasteiger partial charge in [-0.2, -0.15) is 5.10 Å². The zero-order chi connectivity index (χ0) is 16.2. The van der Waals surface area contributed by atoms with E-state index in [2.05, 4.69) is 25.5 Å². The van der Waals surface area contributed by atoms with E-state index in [1.165, 1.54) is 12.3 Å². The number of hydrogen-bond acceptors (Lipinski definition) is 5. The van der Waals surface area contributed by atoms with Crippen LogP contribution in [0.4, 0.5) is 5.82 Å². The Hall–Kier alpha value is -3.09. The summed E-state index contributed by atoms with van der Waals surface area (Å²) >= 11 is 0. The summed E-state index contributed by atoms with van der Waals surface area (Å²) in [6.07, 6.45) is 4.60. The maximum absolute atomic E-state index is 12.2. The van der Waals surface area contributed by atoms with E-state index in [1.54, 1.807) is 24.4 Å². The van der Waals surface area contributed by atoms with Crippen molar-refractivity contribution in [1.29, 1.82) is 0 Å². The van der Waals surface area contributed by atoms with Gasteiger partial charge in [0.05, 0.1) is 17.3 Å². The first-order valence-electron chi connectivity index (χ1n) is 7.15. The van der Waals surface area contributed by atoms with Crippen LogP contribution in [0.25, 0.3) is 5.70 Å². The molecule has 0 fully saturated rings. The van der Waals surface area contributed by atoms with Crippen molar-refractivity contribution in [3.8, 4) is 0 Å². The van der Waals surface area contributed by atoms with Crippen molar-refractivity contribution in [2.45, 2.75) is 13.3 Å². The van der Waals surface area contributed by atoms with Crippen LogP contribution in [0.1, 0.15) is 17.8 Å². The molecule has 1 amide bonds. The predicted octanol–water partition coefficient (Wildman–Crippen LogP) is 1.75. The number of nitrogens with one attached hydrogen (secondary N) is 2. The fourth-order valence-electron chi connectivity index (χ4n) is 2.21. The molecule has 1 unspecified atom stereocenters. The van der Waals surface area contributed by atoms with Crippen molar-refractivity contribution in [2.24, 2.45) is 10.9 Å². The lowest BCUT2D eigenvalue weighted by atomic mass is 9.97. The SMILES string of the molecule is Cc1cc(NC(=O)CC2C=NC(c3ccccn3)=CC2=O)n[nH]1. The number of amides is 1. The summed E-state index contributed by atoms with van der Waals surface area (Å²) in [5.41, 5.74) is 1.99. The predicted molar refractivity (Wildman–Crippen MR) is 85.8 cm³/mol. The zero-order valence-corrected chi connectivity index (χ0v) is 12.5. The van der Waals surface area contributed by atoms with E-state index < -0.39 is 5.92 Å². The average Bonchev–Trinajstić information content (AvgIpc) is 2.95. The molecule has 2 N–H and O–H groups in total. The van der Waals surface area contributed by atoms with Gasteiger partial charge in [0.1, 0.15) is 0 Å². The van der Waals surface area contributed by atoms with Gasteiger partial charge in [-0.05, 0) is 19.1 Å². The standard InChI is InChI=1S/C16H15N5O2/c1-10-6-15(21-20-10)19-16(23)7-11-9-18-13(8-14(11)22)12-4-2-3-5-17-12/h2-6,8-9,11H,7H2,1H3,(H2,19,20,21,23). The third-order valence-corrected chi connectivity index (χ3v) is 3.34. The number of aromatic amines is 1. The molecule has 2 aromatic heterocycles. The zero-order valence-electron chi connectivity index (χ0n) is 12.5. The number of carbonyl (C=O) groups excluding carboxylic acids is 2. The molecule has 3 heterocycles. The molecule has 23 heavy (non-hydrogen) atoms. The number of carbonyl (C=O) groups is 2. The molecule has 0 spiro atoms. The highest BCUT2D eigenvalue weighted by Crippen LogP contribution is 2.20. The normalized spacial score (nSPS) is 17.0. The summed E-state index contributed by atoms with van der Waals surface area (Å²) in [5, 5.41) is 9.31. The highest BCUT2D eigenvalue weighted by Gasteiger charge is 2.23. The molecule has 0 radical (unpaired) electrons. The lowest BCUT2D eigenvalue weighted by Crippen LogP contribution is -2.24. The van der Waals surface area contributed by atoms with Crippen molar-refractivity contribution in [3.05, 3.63) is 47.9 Å². The molecule has 0 aliphatic carbocycles. The molecule has 7 nitrogen and oxygen atoms in total. The smallest absolute Gasteiger partial charge is 0.226 e. The van der Waals surface area contributed by atoms with Gasteiger partial charge in [-0.15, -0.1) is 0 Å². The second kappa shape index (κ2) is 6.35. The first-order chi connectivity index (χ1) is 11.1. The van der Waals surface area contributed by atoms with Crippen molar-refractivity contribution in [3.63, 3.8) is 0 Å². The highest BCUT2D eigenvalue weighted by molar-refractivity contribution is 6.11. The molecule has 116 valence electrons. The van der Waals surface area contributed by atoms with Crippen LogP contribution >= 0.6 is 0 Å². The third-order valence-electron chi connectivity index (χ3n) is 3.34. The molecule has 1 atom stereocenters. The van der Waals surface area contributed by atoms with Crippen LogP contribution < -0.4 is 5.32 Å². The number of aryl methyl sites for hydroxylation is 1. The first-order valence-corrected chi connectivity index (χ1v) is 7.15. The van der Waals surface area contributed by atoms with Crippen LogP contribution in [0.3, 0.4) is 0 Å². The Kier molecular flexibility index (Phi) is 4.09. The Morgan fingerprint density at radius 2 is 2.26 bits per heavy atom. The molecule has 3 rings (SSSR count). The largest absolute Gasteiger partial charge is 0.309 e. The Morgan fingerprint density at radius 1 is 1.39 bits per heavy atom. The van der Waals surface area contributed by atoms with Crippen LogP contribution in [-0.4, -0.2) is 33.1 Å². The molecule has 0 saturated heterocycles. The van der Waals surface area contributed by atoms with Crippen molar-refractivity contribution in [2.75, 3.05) is 5.32 Å². The Morgan fingerprint density at radius 3 is 2.91 bits per heavy atom. The maximum Gasteiger partial charge on any atom is 0.226 e. The minimum Gasteiger partial charge on any atom is -0.309 e. The lowest BCUT2D eigenvalue weighted by Gasteiger charge is -2.13. The quantitative estimate of drug-likeness (QED) is 0.898. The molecule has 0 bridgehead atoms. The number of pyridine rings is 1. The molecule has 1 aliphatic heterocycles. The third kappa shape index (κ3) is 3.57. The molecular weight excluding hydrogens is 294 g/mol. The van der Waals surface area contributed by atoms with E-state index in [-0.39, 0.29) is 18.1 Å². The number of nitrogens with zero attached hydrogens (tertiary/aromatic N) is 3. The van der Waals surface area contributed by atoms with Gasteiger partial charge >= 0.3 is 0 Å². The number of allylic oxidation sites excluding steroid dienone is 1. The molecule has 0 saturated carbocycles. The van der Waals surface area contributed by atoms with Crippen LogP contribution in [0.15, 0.2) is 41.5 Å². The van der Waals surface area contributed by atoms with E-state index in [0.717, 1.165) is 5.69 Å². The summed E-state index contributed by atoms with van der Waals surface area (Å²) in [6, 6.07) is 7.12. The first kappa shape index (κ1) is 14.8. The number of rotatable bonds is 4. The van der Waals surface area contributed by atoms with Crippen LogP contribution in [0.5, 0.6) is 0 Å². The topological polar surface area (TPSA) is 100 Å². The van der Waals surface area contributed by atoms with Crippen molar-refractivity contribution in [1.82, 2.24) is 15.2 Å². The van der Waals surface area contributed by atoms with E-state index in [4.69, 9.17) is 0 Å². The Labute approximate surface area is 132 Å². The summed E-state index contributed by atoms with van der Waals surface area (Å²) in [4.78, 5) is 32.6. The summed E-state index contributed by atoms with van der Waals surface area (Å²) < 4.78 is 0. The van der Waals surface area contributed by atoms with Gasteiger partial charge in [-0.3, -0.25) is 24.7 Å². The number of aromatic nitrogens is 3. The molecule has 7 heteroatoms. The second-order valence-electron chi connectivity index (χ2n) is 5.22. The van der Waals surface area contributed by atoms with Crippen LogP contribution in [0.2, 0.25) is 0 Å². The van der Waals surface area contributed by atoms with Crippen LogP contribution in [-0.2, 0) is 9.59 Å². The monoisotopic (exact) mass is 309 g/mol. The fourth-order valence-corrected chi connectivity index (χ4v) is 2.21. The number of hydrogen-bond donors (Lipinski definition) is 2. The summed E-state index contributed by atoms with van der Waals surface area (Å²) in [5.74, 6) is -0.565. The Bertz CT molecular complexity index is 792. The van der Waals surface area contributed by atoms with Gasteiger partial charge in [-0.1, -0.05) is 6.07 Å². The molecule has 1 aliphatic rings. The van der Waals surface area contributed by atoms with E-state index in [1.807, 2.05) is 13.0 Å². The van der Waals surface area contributed by atoms with Gasteiger partial charge in [0.15, 0.2) is 11.6 Å². The highest BCUT2D eigenvalue weighted by atomic mass is 16.2. The molecule has 2 aromatic rings. The lowest BCUT2D eigenvalue weighted by molar-refractivity contribution is -0.122. The molecular formula is C16H15N5O2. The number of anilines is 1. The Balaban J connectivity index is 1.63. The number of H-pyrrole nitrogens is 1. The van der Waals surface area contributed by atoms with Gasteiger partial charge < -0.3 is 5.32 Å². The minimum absolute atomic E-state index is 0.0280. The fraction of sp³-hybridized carbons (Fsp3) is 0.188. The van der Waals surface area contributed by atoms with Gasteiger partial charge in [-0.25, -0.2) is 0 Å². The van der Waals surface area contributed by atoms with Crippen LogP contribution in [0, 0.1) is 12.8 Å². The molecule has 0 aromatic carbocycles.